The summed E-state index contributed by atoms with van der Waals surface area (Å²) in [7, 11) is -3.03. The number of sulfone groups is 1. The molecule has 1 aromatic carbocycles. The van der Waals surface area contributed by atoms with E-state index in [-0.39, 0.29) is 63.7 Å². The molecular formula is C10H13BF3KO3S. The van der Waals surface area contributed by atoms with Crippen molar-refractivity contribution in [1.82, 2.24) is 0 Å². The SMILES string of the molecule is CS(=O)(=O)CCCOc1ccc([B-](F)(F)F)cc1.[K+]. The molecule has 0 aliphatic carbocycles. The maximum Gasteiger partial charge on any atom is 1.00 e. The molecule has 0 heterocycles. The molecule has 19 heavy (non-hydrogen) atoms. The van der Waals surface area contributed by atoms with E-state index in [0.717, 1.165) is 18.4 Å². The maximum atomic E-state index is 12.3. The summed E-state index contributed by atoms with van der Waals surface area (Å²) in [4.78, 5) is 0. The van der Waals surface area contributed by atoms with Gasteiger partial charge in [-0.3, -0.25) is 0 Å². The molecule has 0 radical (unpaired) electrons. The van der Waals surface area contributed by atoms with E-state index in [1.54, 1.807) is 0 Å². The number of rotatable bonds is 6. The third kappa shape index (κ3) is 8.36. The van der Waals surface area contributed by atoms with Crippen molar-refractivity contribution in [2.75, 3.05) is 18.6 Å². The number of halogens is 3. The monoisotopic (exact) mass is 320 g/mol. The first kappa shape index (κ1) is 19.5. The van der Waals surface area contributed by atoms with Crippen LogP contribution >= 0.6 is 0 Å². The van der Waals surface area contributed by atoms with E-state index < -0.39 is 22.3 Å². The van der Waals surface area contributed by atoms with E-state index in [4.69, 9.17) is 4.74 Å². The van der Waals surface area contributed by atoms with E-state index >= 15 is 0 Å². The normalized spacial score (nSPS) is 11.8. The first-order chi connectivity index (χ1) is 8.18. The smallest absolute Gasteiger partial charge is 0.494 e. The van der Waals surface area contributed by atoms with Crippen LogP contribution in [-0.4, -0.2) is 34.0 Å². The standard InChI is InChI=1S/C10H13BF3O3S.K/c1-18(15,16)8-2-7-17-10-5-3-9(4-6-10)11(12,13)14;/h3-6H,2,7-8H2,1H3;/q-1;+1. The first-order valence-electron chi connectivity index (χ1n) is 5.29. The van der Waals surface area contributed by atoms with Gasteiger partial charge < -0.3 is 17.7 Å². The van der Waals surface area contributed by atoms with E-state index in [2.05, 4.69) is 0 Å². The minimum absolute atomic E-state index is 0. The zero-order valence-electron chi connectivity index (χ0n) is 10.8. The van der Waals surface area contributed by atoms with E-state index in [0.29, 0.717) is 12.2 Å². The van der Waals surface area contributed by atoms with Crippen molar-refractivity contribution in [3.05, 3.63) is 24.3 Å². The van der Waals surface area contributed by atoms with Gasteiger partial charge in [-0.05, 0) is 18.6 Å². The van der Waals surface area contributed by atoms with Gasteiger partial charge in [0.15, 0.2) is 0 Å². The Labute approximate surface area is 153 Å². The zero-order valence-corrected chi connectivity index (χ0v) is 14.7. The van der Waals surface area contributed by atoms with Crippen molar-refractivity contribution in [1.29, 1.82) is 0 Å². The number of ether oxygens (including phenoxy) is 1. The molecule has 0 aliphatic heterocycles. The van der Waals surface area contributed by atoms with Crippen LogP contribution < -0.4 is 61.6 Å². The molecule has 0 atom stereocenters. The van der Waals surface area contributed by atoms with Crippen LogP contribution in [0, 0.1) is 0 Å². The zero-order chi connectivity index (χ0) is 13.8. The summed E-state index contributed by atoms with van der Waals surface area (Å²) in [6.45, 7) is -4.83. The van der Waals surface area contributed by atoms with Gasteiger partial charge in [0.05, 0.1) is 12.4 Å². The Kier molecular flexibility index (Phi) is 8.23. The van der Waals surface area contributed by atoms with Gasteiger partial charge in [0, 0.05) is 6.26 Å². The third-order valence-electron chi connectivity index (χ3n) is 2.19. The largest absolute Gasteiger partial charge is 1.00 e. The van der Waals surface area contributed by atoms with Gasteiger partial charge in [-0.2, -0.15) is 0 Å². The molecule has 0 spiro atoms. The van der Waals surface area contributed by atoms with Crippen molar-refractivity contribution in [3.8, 4) is 5.75 Å². The molecule has 9 heteroatoms. The van der Waals surface area contributed by atoms with Crippen molar-refractivity contribution in [3.63, 3.8) is 0 Å². The molecule has 0 bridgehead atoms. The Bertz CT molecular complexity index is 488. The fourth-order valence-electron chi connectivity index (χ4n) is 1.29. The molecule has 0 aliphatic rings. The van der Waals surface area contributed by atoms with Crippen LogP contribution in [-0.2, 0) is 9.84 Å². The third-order valence-corrected chi connectivity index (χ3v) is 3.22. The van der Waals surface area contributed by atoms with Gasteiger partial charge >= 0.3 is 58.4 Å². The summed E-state index contributed by atoms with van der Waals surface area (Å²) in [5.41, 5.74) is -0.682. The predicted octanol–water partition coefficient (Wildman–Crippen LogP) is -1.44. The molecule has 0 unspecified atom stereocenters. The molecular weight excluding hydrogens is 307 g/mol. The first-order valence-corrected chi connectivity index (χ1v) is 7.35. The second-order valence-electron chi connectivity index (χ2n) is 3.98. The molecule has 0 saturated heterocycles. The van der Waals surface area contributed by atoms with Gasteiger partial charge in [-0.15, -0.1) is 5.46 Å². The second-order valence-corrected chi connectivity index (χ2v) is 6.24. The number of hydrogen-bond acceptors (Lipinski definition) is 3. The van der Waals surface area contributed by atoms with E-state index in [1.165, 1.54) is 12.1 Å². The summed E-state index contributed by atoms with van der Waals surface area (Å²) < 4.78 is 63.7. The van der Waals surface area contributed by atoms with Crippen molar-refractivity contribution >= 4 is 22.3 Å². The van der Waals surface area contributed by atoms with Gasteiger partial charge in [0.25, 0.3) is 0 Å². The fourth-order valence-corrected chi connectivity index (χ4v) is 1.94. The predicted molar refractivity (Wildman–Crippen MR) is 65.0 cm³/mol. The van der Waals surface area contributed by atoms with E-state index in [1.807, 2.05) is 0 Å². The van der Waals surface area contributed by atoms with Crippen molar-refractivity contribution in [2.45, 2.75) is 6.42 Å². The minimum atomic E-state index is -4.99. The Hall–Kier alpha value is 0.461. The Morgan fingerprint density at radius 1 is 1.16 bits per heavy atom. The summed E-state index contributed by atoms with van der Waals surface area (Å²) in [5, 5.41) is 0. The minimum Gasteiger partial charge on any atom is -0.494 e. The Morgan fingerprint density at radius 2 is 1.68 bits per heavy atom. The average molecular weight is 320 g/mol. The molecule has 102 valence electrons. The molecule has 0 saturated carbocycles. The topological polar surface area (TPSA) is 43.4 Å². The maximum absolute atomic E-state index is 12.3. The van der Waals surface area contributed by atoms with Crippen LogP contribution in [0.3, 0.4) is 0 Å². The molecule has 0 aromatic heterocycles. The quantitative estimate of drug-likeness (QED) is 0.476. The summed E-state index contributed by atoms with van der Waals surface area (Å²) in [6.07, 6.45) is 1.43. The van der Waals surface area contributed by atoms with Crippen LogP contribution in [0.4, 0.5) is 12.9 Å². The van der Waals surface area contributed by atoms with Gasteiger partial charge in [-0.1, -0.05) is 12.1 Å². The molecule has 1 aromatic rings. The fraction of sp³-hybridized carbons (Fsp3) is 0.400. The van der Waals surface area contributed by atoms with Crippen LogP contribution in [0.25, 0.3) is 0 Å². The van der Waals surface area contributed by atoms with E-state index in [9.17, 15) is 21.4 Å². The van der Waals surface area contributed by atoms with Crippen LogP contribution in [0.1, 0.15) is 6.42 Å². The molecule has 0 N–H and O–H groups in total. The Morgan fingerprint density at radius 3 is 2.11 bits per heavy atom. The molecule has 3 nitrogen and oxygen atoms in total. The van der Waals surface area contributed by atoms with Gasteiger partial charge in [-0.25, -0.2) is 8.42 Å². The number of benzene rings is 1. The van der Waals surface area contributed by atoms with Crippen molar-refractivity contribution < 1.29 is 77.5 Å². The van der Waals surface area contributed by atoms with Crippen LogP contribution in [0.2, 0.25) is 0 Å². The van der Waals surface area contributed by atoms with Crippen LogP contribution in [0.5, 0.6) is 5.75 Å². The molecule has 1 rings (SSSR count). The van der Waals surface area contributed by atoms with Crippen LogP contribution in [0.15, 0.2) is 24.3 Å². The summed E-state index contributed by atoms with van der Waals surface area (Å²) in [5.74, 6) is 0.295. The molecule has 0 fully saturated rings. The second kappa shape index (κ2) is 8.04. The van der Waals surface area contributed by atoms with Gasteiger partial charge in [0.1, 0.15) is 15.6 Å². The van der Waals surface area contributed by atoms with Gasteiger partial charge in [0.2, 0.25) is 0 Å². The Balaban J connectivity index is 0.00000324. The van der Waals surface area contributed by atoms with Crippen molar-refractivity contribution in [2.24, 2.45) is 0 Å². The average Bonchev–Trinajstić information content (AvgIpc) is 2.22. The summed E-state index contributed by atoms with van der Waals surface area (Å²) >= 11 is 0. The summed E-state index contributed by atoms with van der Waals surface area (Å²) in [6, 6.07) is 4.35. The molecule has 0 amide bonds. The number of hydrogen-bond donors (Lipinski definition) is 0.